The van der Waals surface area contributed by atoms with Crippen LogP contribution in [0.15, 0.2) is 58.3 Å². The molecule has 5 nitrogen and oxygen atoms in total. The highest BCUT2D eigenvalue weighted by Gasteiger charge is 2.30. The average molecular weight is 412 g/mol. The van der Waals surface area contributed by atoms with E-state index < -0.39 is 15.8 Å². The van der Waals surface area contributed by atoms with Crippen molar-refractivity contribution in [2.45, 2.75) is 9.79 Å². The van der Waals surface area contributed by atoms with Gasteiger partial charge in [-0.25, -0.2) is 17.2 Å². The Kier molecular flexibility index (Phi) is 6.13. The van der Waals surface area contributed by atoms with E-state index in [-0.39, 0.29) is 48.6 Å². The molecule has 2 aromatic rings. The van der Waals surface area contributed by atoms with Crippen molar-refractivity contribution in [3.05, 3.63) is 60.2 Å². The third-order valence-corrected chi connectivity index (χ3v) is 7.18. The lowest BCUT2D eigenvalue weighted by atomic mass is 10.3. The Morgan fingerprint density at radius 3 is 2.22 bits per heavy atom. The molecule has 0 unspecified atom stereocenters. The van der Waals surface area contributed by atoms with Gasteiger partial charge >= 0.3 is 0 Å². The highest BCUT2D eigenvalue weighted by Crippen LogP contribution is 2.22. The lowest BCUT2D eigenvalue weighted by Gasteiger charge is -2.34. The van der Waals surface area contributed by atoms with Gasteiger partial charge in [-0.1, -0.05) is 12.1 Å². The van der Waals surface area contributed by atoms with Gasteiger partial charge in [-0.15, -0.1) is 11.8 Å². The number of carbonyl (C=O) groups is 1. The van der Waals surface area contributed by atoms with Gasteiger partial charge in [0, 0.05) is 31.1 Å². The van der Waals surface area contributed by atoms with E-state index in [1.165, 1.54) is 22.5 Å². The smallest absolute Gasteiger partial charge is 0.243 e. The van der Waals surface area contributed by atoms with Crippen molar-refractivity contribution in [3.63, 3.8) is 0 Å². The van der Waals surface area contributed by atoms with Crippen LogP contribution in [0, 0.1) is 11.6 Å². The predicted molar refractivity (Wildman–Crippen MR) is 98.9 cm³/mol. The number of carbonyl (C=O) groups excluding carboxylic acids is 1. The summed E-state index contributed by atoms with van der Waals surface area (Å²) in [6, 6.07) is 10.9. The maximum atomic E-state index is 13.6. The molecule has 0 spiro atoms. The van der Waals surface area contributed by atoms with Crippen LogP contribution < -0.4 is 0 Å². The molecular weight excluding hydrogens is 394 g/mol. The molecule has 1 saturated heterocycles. The van der Waals surface area contributed by atoms with Gasteiger partial charge in [0.2, 0.25) is 15.9 Å². The molecule has 1 amide bonds. The van der Waals surface area contributed by atoms with E-state index in [4.69, 9.17) is 0 Å². The molecule has 2 aromatic carbocycles. The number of piperazine rings is 1. The number of hydrogen-bond acceptors (Lipinski definition) is 4. The van der Waals surface area contributed by atoms with Crippen molar-refractivity contribution in [1.82, 2.24) is 9.21 Å². The van der Waals surface area contributed by atoms with E-state index >= 15 is 0 Å². The Labute approximate surface area is 161 Å². The molecule has 0 radical (unpaired) electrons. The highest BCUT2D eigenvalue weighted by atomic mass is 32.2. The summed E-state index contributed by atoms with van der Waals surface area (Å²) in [5.41, 5.74) is 0. The van der Waals surface area contributed by atoms with Crippen molar-refractivity contribution in [2.75, 3.05) is 31.9 Å². The number of amides is 1. The molecule has 0 saturated carbocycles. The molecule has 1 heterocycles. The fourth-order valence-corrected chi connectivity index (χ4v) is 4.99. The molecule has 0 atom stereocenters. The van der Waals surface area contributed by atoms with Crippen molar-refractivity contribution in [1.29, 1.82) is 0 Å². The van der Waals surface area contributed by atoms with E-state index in [2.05, 4.69) is 0 Å². The van der Waals surface area contributed by atoms with E-state index in [1.807, 2.05) is 0 Å². The highest BCUT2D eigenvalue weighted by molar-refractivity contribution is 8.00. The number of benzene rings is 2. The predicted octanol–water partition coefficient (Wildman–Crippen LogP) is 2.59. The fourth-order valence-electron chi connectivity index (χ4n) is 2.73. The minimum atomic E-state index is -3.71. The zero-order chi connectivity index (χ0) is 19.4. The first kappa shape index (κ1) is 19.8. The Bertz CT molecular complexity index is 912. The summed E-state index contributed by atoms with van der Waals surface area (Å²) in [7, 11) is -3.71. The van der Waals surface area contributed by atoms with Crippen molar-refractivity contribution in [2.24, 2.45) is 0 Å². The maximum Gasteiger partial charge on any atom is 0.243 e. The molecule has 1 aliphatic heterocycles. The van der Waals surface area contributed by atoms with Gasteiger partial charge in [0.1, 0.15) is 11.6 Å². The van der Waals surface area contributed by atoms with Gasteiger partial charge in [-0.3, -0.25) is 4.79 Å². The minimum absolute atomic E-state index is 0.0267. The second-order valence-electron chi connectivity index (χ2n) is 5.96. The van der Waals surface area contributed by atoms with Crippen LogP contribution in [-0.2, 0) is 14.8 Å². The van der Waals surface area contributed by atoms with Crippen LogP contribution in [0.25, 0.3) is 0 Å². The summed E-state index contributed by atoms with van der Waals surface area (Å²) in [6.07, 6.45) is 0. The van der Waals surface area contributed by atoms with Crippen LogP contribution in [0.4, 0.5) is 8.78 Å². The summed E-state index contributed by atoms with van der Waals surface area (Å²) in [6.45, 7) is 0.847. The van der Waals surface area contributed by atoms with E-state index in [0.29, 0.717) is 4.90 Å². The van der Waals surface area contributed by atoms with Gasteiger partial charge in [0.25, 0.3) is 0 Å². The van der Waals surface area contributed by atoms with Gasteiger partial charge < -0.3 is 4.90 Å². The van der Waals surface area contributed by atoms with Crippen LogP contribution in [-0.4, -0.2) is 55.5 Å². The Hall–Kier alpha value is -1.97. The quantitative estimate of drug-likeness (QED) is 0.709. The zero-order valence-electron chi connectivity index (χ0n) is 14.3. The molecule has 0 N–H and O–H groups in total. The first-order valence-corrected chi connectivity index (χ1v) is 10.7. The first-order chi connectivity index (χ1) is 12.9. The number of nitrogens with zero attached hydrogens (tertiary/aromatic N) is 2. The van der Waals surface area contributed by atoms with E-state index in [0.717, 1.165) is 23.9 Å². The molecule has 27 heavy (non-hydrogen) atoms. The fraction of sp³-hybridized carbons (Fsp3) is 0.278. The third-order valence-electron chi connectivity index (χ3n) is 4.23. The molecular formula is C18H18F2N2O3S2. The van der Waals surface area contributed by atoms with Crippen molar-refractivity contribution < 1.29 is 22.0 Å². The van der Waals surface area contributed by atoms with E-state index in [1.54, 1.807) is 23.1 Å². The van der Waals surface area contributed by atoms with Gasteiger partial charge in [-0.05, 0) is 36.4 Å². The van der Waals surface area contributed by atoms with Crippen LogP contribution in [0.2, 0.25) is 0 Å². The van der Waals surface area contributed by atoms with Gasteiger partial charge in [0.05, 0.1) is 10.6 Å². The molecule has 1 aliphatic rings. The second kappa shape index (κ2) is 8.37. The maximum absolute atomic E-state index is 13.6. The van der Waals surface area contributed by atoms with Gasteiger partial charge in [-0.2, -0.15) is 4.31 Å². The molecule has 1 fully saturated rings. The summed E-state index contributed by atoms with van der Waals surface area (Å²) in [5, 5.41) is 0. The Morgan fingerprint density at radius 2 is 1.59 bits per heavy atom. The summed E-state index contributed by atoms with van der Waals surface area (Å²) >= 11 is 1.12. The van der Waals surface area contributed by atoms with Gasteiger partial charge in [0.15, 0.2) is 0 Å². The number of rotatable bonds is 5. The zero-order valence-corrected chi connectivity index (χ0v) is 16.0. The van der Waals surface area contributed by atoms with Crippen LogP contribution >= 0.6 is 11.8 Å². The SMILES string of the molecule is O=C(CSc1ccccc1F)N1CCN(S(=O)(=O)c2ccc(F)cc2)CC1. The lowest BCUT2D eigenvalue weighted by Crippen LogP contribution is -2.50. The molecule has 0 aromatic heterocycles. The van der Waals surface area contributed by atoms with Crippen LogP contribution in [0.5, 0.6) is 0 Å². The van der Waals surface area contributed by atoms with Crippen molar-refractivity contribution in [3.8, 4) is 0 Å². The average Bonchev–Trinajstić information content (AvgIpc) is 2.67. The molecule has 0 bridgehead atoms. The third kappa shape index (κ3) is 4.66. The van der Waals surface area contributed by atoms with E-state index in [9.17, 15) is 22.0 Å². The molecule has 3 rings (SSSR count). The standard InChI is InChI=1S/C18H18F2N2O3S2/c19-14-5-7-15(8-6-14)27(24,25)22-11-9-21(10-12-22)18(23)13-26-17-4-2-1-3-16(17)20/h1-8H,9-13H2. The van der Waals surface area contributed by atoms with Crippen LogP contribution in [0.3, 0.4) is 0 Å². The Morgan fingerprint density at radius 1 is 0.963 bits per heavy atom. The topological polar surface area (TPSA) is 57.7 Å². The normalized spacial score (nSPS) is 15.7. The largest absolute Gasteiger partial charge is 0.339 e. The lowest BCUT2D eigenvalue weighted by molar-refractivity contribution is -0.129. The van der Waals surface area contributed by atoms with Crippen molar-refractivity contribution >= 4 is 27.7 Å². The number of hydrogen-bond donors (Lipinski definition) is 0. The second-order valence-corrected chi connectivity index (χ2v) is 8.91. The first-order valence-electron chi connectivity index (χ1n) is 8.29. The molecule has 0 aliphatic carbocycles. The van der Waals surface area contributed by atoms with Crippen LogP contribution in [0.1, 0.15) is 0 Å². The molecule has 144 valence electrons. The number of sulfonamides is 1. The minimum Gasteiger partial charge on any atom is -0.339 e. The summed E-state index contributed by atoms with van der Waals surface area (Å²) in [5.74, 6) is -0.949. The molecule has 9 heteroatoms. The summed E-state index contributed by atoms with van der Waals surface area (Å²) < 4.78 is 53.0. The number of halogens is 2. The monoisotopic (exact) mass is 412 g/mol. The summed E-state index contributed by atoms with van der Waals surface area (Å²) in [4.78, 5) is 14.3. The Balaban J connectivity index is 1.56. The number of thioether (sulfide) groups is 1.